The van der Waals surface area contributed by atoms with Gasteiger partial charge in [-0.15, -0.1) is 11.3 Å². The van der Waals surface area contributed by atoms with Crippen LogP contribution >= 0.6 is 22.9 Å². The van der Waals surface area contributed by atoms with Gasteiger partial charge < -0.3 is 15.2 Å². The Kier molecular flexibility index (Phi) is 6.06. The molecule has 0 spiro atoms. The second kappa shape index (κ2) is 7.80. The molecule has 2 rings (SSSR count). The lowest BCUT2D eigenvalue weighted by Crippen LogP contribution is -2.32. The summed E-state index contributed by atoms with van der Waals surface area (Å²) in [6, 6.07) is 9.83. The van der Waals surface area contributed by atoms with Crippen LogP contribution in [-0.2, 0) is 0 Å². The number of benzene rings is 1. The van der Waals surface area contributed by atoms with Gasteiger partial charge in [-0.05, 0) is 49.1 Å². The van der Waals surface area contributed by atoms with Gasteiger partial charge in [0.2, 0.25) is 0 Å². The molecule has 0 amide bonds. The number of nitrogens with one attached hydrogen (secondary N) is 1. The van der Waals surface area contributed by atoms with Gasteiger partial charge in [0, 0.05) is 22.5 Å². The molecule has 0 saturated heterocycles. The predicted molar refractivity (Wildman–Crippen MR) is 88.4 cm³/mol. The van der Waals surface area contributed by atoms with Gasteiger partial charge in [-0.2, -0.15) is 0 Å². The van der Waals surface area contributed by atoms with E-state index >= 15 is 0 Å². The summed E-state index contributed by atoms with van der Waals surface area (Å²) in [5.74, 6) is 0.724. The summed E-state index contributed by atoms with van der Waals surface area (Å²) >= 11 is 7.67. The fourth-order valence-corrected chi connectivity index (χ4v) is 2.79. The molecule has 2 atom stereocenters. The molecule has 0 aliphatic carbocycles. The lowest BCUT2D eigenvalue weighted by Gasteiger charge is -2.17. The molecular weight excluding hydrogens is 306 g/mol. The van der Waals surface area contributed by atoms with Gasteiger partial charge in [-0.25, -0.2) is 0 Å². The van der Waals surface area contributed by atoms with Gasteiger partial charge in [-0.3, -0.25) is 0 Å². The summed E-state index contributed by atoms with van der Waals surface area (Å²) in [7, 11) is 0. The molecule has 1 aromatic heterocycles. The maximum atomic E-state index is 9.97. The molecule has 1 heterocycles. The van der Waals surface area contributed by atoms with E-state index in [0.29, 0.717) is 11.6 Å². The summed E-state index contributed by atoms with van der Waals surface area (Å²) in [5, 5.41) is 16.0. The van der Waals surface area contributed by atoms with Crippen LogP contribution < -0.4 is 10.1 Å². The van der Waals surface area contributed by atoms with E-state index in [0.717, 1.165) is 11.3 Å². The zero-order valence-electron chi connectivity index (χ0n) is 12.2. The van der Waals surface area contributed by atoms with E-state index in [1.807, 2.05) is 25.1 Å². The Bertz CT molecular complexity index is 559. The molecule has 0 aliphatic rings. The normalized spacial score (nSPS) is 13.9. The monoisotopic (exact) mass is 325 g/mol. The average molecular weight is 326 g/mol. The van der Waals surface area contributed by atoms with Crippen LogP contribution in [0.15, 0.2) is 35.7 Å². The van der Waals surface area contributed by atoms with Crippen molar-refractivity contribution in [1.29, 1.82) is 0 Å². The number of thiophene rings is 1. The lowest BCUT2D eigenvalue weighted by molar-refractivity contribution is 0.104. The van der Waals surface area contributed by atoms with Crippen LogP contribution in [0.5, 0.6) is 5.75 Å². The van der Waals surface area contributed by atoms with Gasteiger partial charge in [0.1, 0.15) is 18.5 Å². The molecule has 0 aliphatic heterocycles. The van der Waals surface area contributed by atoms with Crippen LogP contribution in [0.25, 0.3) is 0 Å². The molecule has 2 N–H and O–H groups in total. The second-order valence-electron chi connectivity index (χ2n) is 5.02. The summed E-state index contributed by atoms with van der Waals surface area (Å²) in [4.78, 5) is 1.26. The molecule has 114 valence electrons. The highest BCUT2D eigenvalue weighted by atomic mass is 35.5. The van der Waals surface area contributed by atoms with Crippen molar-refractivity contribution < 1.29 is 9.84 Å². The summed E-state index contributed by atoms with van der Waals surface area (Å²) in [6.07, 6.45) is -0.552. The molecule has 1 aromatic carbocycles. The minimum atomic E-state index is -0.552. The molecule has 0 fully saturated rings. The molecule has 0 bridgehead atoms. The fraction of sp³-hybridized carbons (Fsp3) is 0.375. The van der Waals surface area contributed by atoms with E-state index in [1.165, 1.54) is 4.88 Å². The maximum Gasteiger partial charge on any atom is 0.119 e. The number of hydrogen-bond donors (Lipinski definition) is 2. The summed E-state index contributed by atoms with van der Waals surface area (Å²) in [5.41, 5.74) is 0.966. The van der Waals surface area contributed by atoms with E-state index in [9.17, 15) is 5.11 Å². The largest absolute Gasteiger partial charge is 0.491 e. The molecule has 3 nitrogen and oxygen atoms in total. The number of aliphatic hydroxyl groups excluding tert-OH is 1. The third kappa shape index (κ3) is 5.00. The third-order valence-corrected chi connectivity index (χ3v) is 4.68. The van der Waals surface area contributed by atoms with Gasteiger partial charge in [0.05, 0.1) is 0 Å². The molecule has 2 aromatic rings. The molecule has 5 heteroatoms. The molecule has 0 radical (unpaired) electrons. The Morgan fingerprint density at radius 2 is 2.19 bits per heavy atom. The minimum absolute atomic E-state index is 0.234. The number of rotatable bonds is 7. The van der Waals surface area contributed by atoms with Crippen molar-refractivity contribution in [3.05, 3.63) is 51.2 Å². The van der Waals surface area contributed by atoms with Crippen LogP contribution in [0, 0.1) is 6.92 Å². The standard InChI is InChI=1S/C16H20ClNO2S/c1-11-8-14(5-6-15(11)17)20-10-13(19)9-18-12(2)16-4-3-7-21-16/h3-8,12-13,18-19H,9-10H2,1-2H3. The molecule has 2 unspecified atom stereocenters. The zero-order chi connectivity index (χ0) is 15.2. The highest BCUT2D eigenvalue weighted by Crippen LogP contribution is 2.21. The first-order valence-electron chi connectivity index (χ1n) is 6.90. The van der Waals surface area contributed by atoms with Crippen molar-refractivity contribution in [2.75, 3.05) is 13.2 Å². The lowest BCUT2D eigenvalue weighted by atomic mass is 10.2. The smallest absolute Gasteiger partial charge is 0.119 e. The Hall–Kier alpha value is -1.07. The number of ether oxygens (including phenoxy) is 1. The first-order chi connectivity index (χ1) is 10.1. The van der Waals surface area contributed by atoms with Gasteiger partial charge in [0.15, 0.2) is 0 Å². The average Bonchev–Trinajstić information content (AvgIpc) is 3.00. The van der Waals surface area contributed by atoms with Gasteiger partial charge >= 0.3 is 0 Å². The highest BCUT2D eigenvalue weighted by Gasteiger charge is 2.10. The van der Waals surface area contributed by atoms with Crippen molar-refractivity contribution >= 4 is 22.9 Å². The van der Waals surface area contributed by atoms with E-state index < -0.39 is 6.10 Å². The third-order valence-electron chi connectivity index (χ3n) is 3.20. The number of aliphatic hydroxyl groups is 1. The van der Waals surface area contributed by atoms with Crippen LogP contribution in [-0.4, -0.2) is 24.4 Å². The SMILES string of the molecule is Cc1cc(OCC(O)CNC(C)c2cccs2)ccc1Cl. The van der Waals surface area contributed by atoms with Crippen molar-refractivity contribution in [2.24, 2.45) is 0 Å². The van der Waals surface area contributed by atoms with Crippen molar-refractivity contribution in [3.63, 3.8) is 0 Å². The zero-order valence-corrected chi connectivity index (χ0v) is 13.7. The van der Waals surface area contributed by atoms with Crippen LogP contribution in [0.3, 0.4) is 0 Å². The van der Waals surface area contributed by atoms with Gasteiger partial charge in [0.25, 0.3) is 0 Å². The number of aryl methyl sites for hydroxylation is 1. The number of hydrogen-bond acceptors (Lipinski definition) is 4. The minimum Gasteiger partial charge on any atom is -0.491 e. The Morgan fingerprint density at radius 1 is 1.38 bits per heavy atom. The molecule has 21 heavy (non-hydrogen) atoms. The fourth-order valence-electron chi connectivity index (χ4n) is 1.91. The van der Waals surface area contributed by atoms with Crippen molar-refractivity contribution in [3.8, 4) is 5.75 Å². The summed E-state index contributed by atoms with van der Waals surface area (Å²) in [6.45, 7) is 4.76. The molecule has 0 saturated carbocycles. The number of halogens is 1. The van der Waals surface area contributed by atoms with Crippen LogP contribution in [0.2, 0.25) is 5.02 Å². The van der Waals surface area contributed by atoms with Crippen molar-refractivity contribution in [1.82, 2.24) is 5.32 Å². The summed E-state index contributed by atoms with van der Waals surface area (Å²) < 4.78 is 5.58. The first-order valence-corrected chi connectivity index (χ1v) is 8.16. The predicted octanol–water partition coefficient (Wildman–Crippen LogP) is 3.80. The van der Waals surface area contributed by atoms with Gasteiger partial charge in [-0.1, -0.05) is 17.7 Å². The first kappa shape index (κ1) is 16.3. The molecular formula is C16H20ClNO2S. The maximum absolute atomic E-state index is 9.97. The Labute approximate surface area is 134 Å². The van der Waals surface area contributed by atoms with Crippen molar-refractivity contribution in [2.45, 2.75) is 26.0 Å². The van der Waals surface area contributed by atoms with E-state index in [4.69, 9.17) is 16.3 Å². The van der Waals surface area contributed by atoms with Crippen LogP contribution in [0.4, 0.5) is 0 Å². The highest BCUT2D eigenvalue weighted by molar-refractivity contribution is 7.10. The second-order valence-corrected chi connectivity index (χ2v) is 6.41. The Morgan fingerprint density at radius 3 is 2.86 bits per heavy atom. The quantitative estimate of drug-likeness (QED) is 0.813. The van der Waals surface area contributed by atoms with Crippen LogP contribution in [0.1, 0.15) is 23.4 Å². The van der Waals surface area contributed by atoms with E-state index in [2.05, 4.69) is 23.7 Å². The van der Waals surface area contributed by atoms with E-state index in [1.54, 1.807) is 17.4 Å². The topological polar surface area (TPSA) is 41.5 Å². The Balaban J connectivity index is 1.74. The van der Waals surface area contributed by atoms with E-state index in [-0.39, 0.29) is 12.6 Å².